The first-order chi connectivity index (χ1) is 9.86. The van der Waals surface area contributed by atoms with Gasteiger partial charge in [-0.05, 0) is 43.5 Å². The summed E-state index contributed by atoms with van der Waals surface area (Å²) in [4.78, 5) is 4.50. The third-order valence-electron chi connectivity index (χ3n) is 3.60. The zero-order chi connectivity index (χ0) is 13.8. The molecule has 2 aromatic rings. The van der Waals surface area contributed by atoms with Gasteiger partial charge in [0.1, 0.15) is 0 Å². The van der Waals surface area contributed by atoms with Crippen LogP contribution in [0, 0.1) is 0 Å². The fourth-order valence-electron chi connectivity index (χ4n) is 2.44. The molecule has 0 saturated carbocycles. The lowest BCUT2D eigenvalue weighted by Crippen LogP contribution is -2.16. The number of rotatable bonds is 4. The number of nitrogens with two attached hydrogens (primary N) is 1. The van der Waals surface area contributed by atoms with Gasteiger partial charge < -0.3 is 15.0 Å². The molecular formula is C15H19N3O2. The summed E-state index contributed by atoms with van der Waals surface area (Å²) < 4.78 is 10.8. The van der Waals surface area contributed by atoms with Crippen LogP contribution in [-0.4, -0.2) is 29.9 Å². The van der Waals surface area contributed by atoms with Gasteiger partial charge in [-0.2, -0.15) is 4.98 Å². The third-order valence-corrected chi connectivity index (χ3v) is 3.60. The van der Waals surface area contributed by atoms with E-state index in [2.05, 4.69) is 22.3 Å². The van der Waals surface area contributed by atoms with Crippen molar-refractivity contribution in [2.45, 2.75) is 25.2 Å². The summed E-state index contributed by atoms with van der Waals surface area (Å²) in [7, 11) is 0. The zero-order valence-electron chi connectivity index (χ0n) is 11.4. The summed E-state index contributed by atoms with van der Waals surface area (Å²) in [5, 5.41) is 4.09. The summed E-state index contributed by atoms with van der Waals surface area (Å²) in [5.41, 5.74) is 7.71. The van der Waals surface area contributed by atoms with Crippen molar-refractivity contribution in [2.24, 2.45) is 5.73 Å². The van der Waals surface area contributed by atoms with Gasteiger partial charge in [0.05, 0.1) is 6.61 Å². The van der Waals surface area contributed by atoms with Crippen LogP contribution in [0.4, 0.5) is 0 Å². The SMILES string of the molecule is NCCc1ccc(-c2nc(C3CCCOC3)no2)cc1. The maximum absolute atomic E-state index is 5.54. The third kappa shape index (κ3) is 2.89. The highest BCUT2D eigenvalue weighted by atomic mass is 16.5. The van der Waals surface area contributed by atoms with Gasteiger partial charge in [-0.3, -0.25) is 0 Å². The Balaban J connectivity index is 1.75. The lowest BCUT2D eigenvalue weighted by Gasteiger charge is -2.18. The quantitative estimate of drug-likeness (QED) is 0.923. The summed E-state index contributed by atoms with van der Waals surface area (Å²) >= 11 is 0. The van der Waals surface area contributed by atoms with Crippen LogP contribution in [0.1, 0.15) is 30.1 Å². The molecule has 0 spiro atoms. The van der Waals surface area contributed by atoms with E-state index in [0.717, 1.165) is 37.3 Å². The molecule has 1 aromatic carbocycles. The van der Waals surface area contributed by atoms with E-state index in [0.29, 0.717) is 19.0 Å². The molecule has 2 N–H and O–H groups in total. The van der Waals surface area contributed by atoms with E-state index in [1.807, 2.05) is 12.1 Å². The van der Waals surface area contributed by atoms with E-state index in [4.69, 9.17) is 15.0 Å². The molecule has 0 aliphatic carbocycles. The minimum absolute atomic E-state index is 0.262. The molecule has 0 bridgehead atoms. The van der Waals surface area contributed by atoms with Crippen LogP contribution in [0.15, 0.2) is 28.8 Å². The van der Waals surface area contributed by atoms with Crippen molar-refractivity contribution in [1.29, 1.82) is 0 Å². The smallest absolute Gasteiger partial charge is 0.257 e. The van der Waals surface area contributed by atoms with Crippen LogP contribution < -0.4 is 5.73 Å². The van der Waals surface area contributed by atoms with Crippen molar-refractivity contribution in [3.63, 3.8) is 0 Å². The molecule has 5 heteroatoms. The molecule has 1 atom stereocenters. The van der Waals surface area contributed by atoms with Crippen molar-refractivity contribution in [2.75, 3.05) is 19.8 Å². The number of hydrogen-bond acceptors (Lipinski definition) is 5. The highest BCUT2D eigenvalue weighted by Gasteiger charge is 2.21. The molecular weight excluding hydrogens is 254 g/mol. The van der Waals surface area contributed by atoms with Crippen LogP contribution in [0.25, 0.3) is 11.5 Å². The summed E-state index contributed by atoms with van der Waals surface area (Å²) in [6.07, 6.45) is 3.01. The molecule has 1 aliphatic heterocycles. The molecule has 1 aliphatic rings. The second-order valence-electron chi connectivity index (χ2n) is 5.11. The molecule has 1 fully saturated rings. The topological polar surface area (TPSA) is 74.2 Å². The van der Waals surface area contributed by atoms with Gasteiger partial charge in [0, 0.05) is 18.1 Å². The molecule has 0 amide bonds. The van der Waals surface area contributed by atoms with Crippen LogP contribution >= 0.6 is 0 Å². The van der Waals surface area contributed by atoms with E-state index in [1.165, 1.54) is 5.56 Å². The fourth-order valence-corrected chi connectivity index (χ4v) is 2.44. The lowest BCUT2D eigenvalue weighted by atomic mass is 10.0. The maximum atomic E-state index is 5.54. The Bertz CT molecular complexity index is 545. The van der Waals surface area contributed by atoms with E-state index >= 15 is 0 Å². The van der Waals surface area contributed by atoms with E-state index < -0.39 is 0 Å². The van der Waals surface area contributed by atoms with Crippen molar-refractivity contribution >= 4 is 0 Å². The van der Waals surface area contributed by atoms with Crippen molar-refractivity contribution in [3.8, 4) is 11.5 Å². The number of hydrogen-bond donors (Lipinski definition) is 1. The van der Waals surface area contributed by atoms with Gasteiger partial charge in [-0.15, -0.1) is 0 Å². The van der Waals surface area contributed by atoms with Gasteiger partial charge in [0.25, 0.3) is 5.89 Å². The molecule has 106 valence electrons. The second kappa shape index (κ2) is 6.15. The van der Waals surface area contributed by atoms with Crippen molar-refractivity contribution in [1.82, 2.24) is 10.1 Å². The molecule has 0 radical (unpaired) electrons. The van der Waals surface area contributed by atoms with Crippen LogP contribution in [0.2, 0.25) is 0 Å². The summed E-state index contributed by atoms with van der Waals surface area (Å²) in [5.74, 6) is 1.59. The largest absolute Gasteiger partial charge is 0.381 e. The molecule has 5 nitrogen and oxygen atoms in total. The Morgan fingerprint density at radius 1 is 1.25 bits per heavy atom. The first-order valence-electron chi connectivity index (χ1n) is 7.07. The molecule has 1 unspecified atom stereocenters. The highest BCUT2D eigenvalue weighted by molar-refractivity contribution is 5.53. The van der Waals surface area contributed by atoms with Gasteiger partial charge in [-0.1, -0.05) is 17.3 Å². The Morgan fingerprint density at radius 3 is 2.80 bits per heavy atom. The molecule has 3 rings (SSSR count). The Kier molecular flexibility index (Phi) is 4.08. The second-order valence-corrected chi connectivity index (χ2v) is 5.11. The summed E-state index contributed by atoms with van der Waals surface area (Å²) in [6, 6.07) is 8.10. The Labute approximate surface area is 118 Å². The van der Waals surface area contributed by atoms with Gasteiger partial charge in [-0.25, -0.2) is 0 Å². The van der Waals surface area contributed by atoms with Crippen LogP contribution in [0.5, 0.6) is 0 Å². The minimum Gasteiger partial charge on any atom is -0.381 e. The van der Waals surface area contributed by atoms with E-state index in [1.54, 1.807) is 0 Å². The predicted octanol–water partition coefficient (Wildman–Crippen LogP) is 2.13. The first kappa shape index (κ1) is 13.3. The Morgan fingerprint density at radius 2 is 2.10 bits per heavy atom. The molecule has 1 aromatic heterocycles. The molecule has 2 heterocycles. The van der Waals surface area contributed by atoms with Crippen molar-refractivity contribution in [3.05, 3.63) is 35.7 Å². The zero-order valence-corrected chi connectivity index (χ0v) is 11.4. The van der Waals surface area contributed by atoms with Crippen LogP contribution in [0.3, 0.4) is 0 Å². The highest BCUT2D eigenvalue weighted by Crippen LogP contribution is 2.25. The normalized spacial score (nSPS) is 19.1. The standard InChI is InChI=1S/C15H19N3O2/c16-8-7-11-3-5-12(6-4-11)15-17-14(18-20-15)13-2-1-9-19-10-13/h3-6,13H,1-2,7-10,16H2. The average Bonchev–Trinajstić information content (AvgIpc) is 2.99. The monoisotopic (exact) mass is 273 g/mol. The number of aromatic nitrogens is 2. The van der Waals surface area contributed by atoms with E-state index in [-0.39, 0.29) is 5.92 Å². The number of ether oxygens (including phenoxy) is 1. The maximum Gasteiger partial charge on any atom is 0.257 e. The molecule has 1 saturated heterocycles. The van der Waals surface area contributed by atoms with Crippen molar-refractivity contribution < 1.29 is 9.26 Å². The number of benzene rings is 1. The minimum atomic E-state index is 0.262. The van der Waals surface area contributed by atoms with Gasteiger partial charge >= 0.3 is 0 Å². The fraction of sp³-hybridized carbons (Fsp3) is 0.467. The van der Waals surface area contributed by atoms with Gasteiger partial charge in [0.15, 0.2) is 5.82 Å². The van der Waals surface area contributed by atoms with E-state index in [9.17, 15) is 0 Å². The Hall–Kier alpha value is -1.72. The van der Waals surface area contributed by atoms with Gasteiger partial charge in [0.2, 0.25) is 0 Å². The molecule has 20 heavy (non-hydrogen) atoms. The predicted molar refractivity (Wildman–Crippen MR) is 75.3 cm³/mol. The number of nitrogens with zero attached hydrogens (tertiary/aromatic N) is 2. The lowest BCUT2D eigenvalue weighted by molar-refractivity contribution is 0.0773. The average molecular weight is 273 g/mol. The van der Waals surface area contributed by atoms with Crippen LogP contribution in [-0.2, 0) is 11.2 Å². The first-order valence-corrected chi connectivity index (χ1v) is 7.07. The summed E-state index contributed by atoms with van der Waals surface area (Å²) in [6.45, 7) is 2.18.